The molecule has 2 aromatic rings. The van der Waals surface area contributed by atoms with Crippen molar-refractivity contribution in [2.75, 3.05) is 5.32 Å². The summed E-state index contributed by atoms with van der Waals surface area (Å²) >= 11 is 0. The second-order valence-corrected chi connectivity index (χ2v) is 3.22. The molecule has 0 fully saturated rings. The van der Waals surface area contributed by atoms with E-state index in [9.17, 15) is 8.78 Å². The SMILES string of the molecule is FC(F)Oc1ccc(NCc2cnco2)cc1. The minimum Gasteiger partial charge on any atom is -0.447 e. The van der Waals surface area contributed by atoms with Crippen LogP contribution in [-0.4, -0.2) is 11.6 Å². The summed E-state index contributed by atoms with van der Waals surface area (Å²) in [4.78, 5) is 3.77. The number of benzene rings is 1. The van der Waals surface area contributed by atoms with Crippen molar-refractivity contribution in [3.63, 3.8) is 0 Å². The van der Waals surface area contributed by atoms with E-state index in [1.54, 1.807) is 18.3 Å². The Morgan fingerprint density at radius 3 is 2.65 bits per heavy atom. The summed E-state index contributed by atoms with van der Waals surface area (Å²) in [7, 11) is 0. The molecule has 1 aromatic carbocycles. The first-order valence-corrected chi connectivity index (χ1v) is 4.90. The Bertz CT molecular complexity index is 443. The molecular weight excluding hydrogens is 230 g/mol. The molecule has 2 rings (SSSR count). The number of hydrogen-bond acceptors (Lipinski definition) is 4. The monoisotopic (exact) mass is 240 g/mol. The molecule has 17 heavy (non-hydrogen) atoms. The van der Waals surface area contributed by atoms with Gasteiger partial charge in [-0.3, -0.25) is 0 Å². The first-order valence-electron chi connectivity index (χ1n) is 4.90. The lowest BCUT2D eigenvalue weighted by atomic mass is 10.3. The minimum absolute atomic E-state index is 0.130. The summed E-state index contributed by atoms with van der Waals surface area (Å²) in [5, 5.41) is 3.05. The van der Waals surface area contributed by atoms with Crippen molar-refractivity contribution in [2.45, 2.75) is 13.2 Å². The van der Waals surface area contributed by atoms with Gasteiger partial charge in [0.1, 0.15) is 11.5 Å². The Hall–Kier alpha value is -2.11. The maximum Gasteiger partial charge on any atom is 0.387 e. The van der Waals surface area contributed by atoms with Crippen LogP contribution in [0.4, 0.5) is 14.5 Å². The molecule has 0 radical (unpaired) electrons. The van der Waals surface area contributed by atoms with E-state index < -0.39 is 6.61 Å². The number of nitrogens with one attached hydrogen (secondary N) is 1. The molecule has 0 aliphatic carbocycles. The number of halogens is 2. The van der Waals surface area contributed by atoms with Crippen LogP contribution in [0.2, 0.25) is 0 Å². The van der Waals surface area contributed by atoms with Crippen LogP contribution in [0.3, 0.4) is 0 Å². The van der Waals surface area contributed by atoms with E-state index >= 15 is 0 Å². The van der Waals surface area contributed by atoms with Crippen molar-refractivity contribution in [2.24, 2.45) is 0 Å². The van der Waals surface area contributed by atoms with Crippen LogP contribution in [0.15, 0.2) is 41.3 Å². The highest BCUT2D eigenvalue weighted by Gasteiger charge is 2.03. The number of aromatic nitrogens is 1. The van der Waals surface area contributed by atoms with Gasteiger partial charge in [0.15, 0.2) is 6.39 Å². The fraction of sp³-hybridized carbons (Fsp3) is 0.182. The normalized spacial score (nSPS) is 10.5. The minimum atomic E-state index is -2.80. The first-order chi connectivity index (χ1) is 8.24. The number of rotatable bonds is 5. The van der Waals surface area contributed by atoms with Crippen LogP contribution in [0.1, 0.15) is 5.76 Å². The van der Waals surface area contributed by atoms with E-state index in [2.05, 4.69) is 15.0 Å². The highest BCUT2D eigenvalue weighted by Crippen LogP contribution is 2.18. The molecular formula is C11H10F2N2O2. The molecule has 1 N–H and O–H groups in total. The van der Waals surface area contributed by atoms with E-state index in [1.807, 2.05) is 0 Å². The predicted molar refractivity (Wildman–Crippen MR) is 56.9 cm³/mol. The first kappa shape index (κ1) is 11.4. The second-order valence-electron chi connectivity index (χ2n) is 3.22. The van der Waals surface area contributed by atoms with Crippen LogP contribution >= 0.6 is 0 Å². The van der Waals surface area contributed by atoms with Crippen molar-refractivity contribution >= 4 is 5.69 Å². The third kappa shape index (κ3) is 3.44. The summed E-state index contributed by atoms with van der Waals surface area (Å²) in [6, 6.07) is 6.23. The number of hydrogen-bond donors (Lipinski definition) is 1. The van der Waals surface area contributed by atoms with Crippen LogP contribution in [-0.2, 0) is 6.54 Å². The van der Waals surface area contributed by atoms with E-state index in [0.717, 1.165) is 5.69 Å². The largest absolute Gasteiger partial charge is 0.447 e. The molecule has 1 heterocycles. The highest BCUT2D eigenvalue weighted by atomic mass is 19.3. The van der Waals surface area contributed by atoms with Crippen molar-refractivity contribution in [3.05, 3.63) is 42.6 Å². The van der Waals surface area contributed by atoms with Gasteiger partial charge in [0, 0.05) is 5.69 Å². The zero-order valence-electron chi connectivity index (χ0n) is 8.77. The fourth-order valence-electron chi connectivity index (χ4n) is 1.27. The summed E-state index contributed by atoms with van der Waals surface area (Å²) in [5.41, 5.74) is 0.781. The van der Waals surface area contributed by atoms with Gasteiger partial charge in [-0.2, -0.15) is 8.78 Å². The molecule has 0 bridgehead atoms. The van der Waals surface area contributed by atoms with Gasteiger partial charge in [0.2, 0.25) is 0 Å². The smallest absolute Gasteiger partial charge is 0.387 e. The average molecular weight is 240 g/mol. The zero-order chi connectivity index (χ0) is 12.1. The van der Waals surface area contributed by atoms with Crippen molar-refractivity contribution in [3.8, 4) is 5.75 Å². The molecule has 0 unspecified atom stereocenters. The predicted octanol–water partition coefficient (Wildman–Crippen LogP) is 2.89. The van der Waals surface area contributed by atoms with Gasteiger partial charge < -0.3 is 14.5 Å². The molecule has 0 amide bonds. The van der Waals surface area contributed by atoms with Crippen molar-refractivity contribution in [1.29, 1.82) is 0 Å². The molecule has 90 valence electrons. The van der Waals surface area contributed by atoms with Crippen LogP contribution in [0.5, 0.6) is 5.75 Å². The molecule has 0 atom stereocenters. The summed E-state index contributed by atoms with van der Waals surface area (Å²) in [5.74, 6) is 0.822. The Morgan fingerprint density at radius 1 is 1.29 bits per heavy atom. The van der Waals surface area contributed by atoms with Gasteiger partial charge in [0.25, 0.3) is 0 Å². The van der Waals surface area contributed by atoms with Crippen LogP contribution in [0.25, 0.3) is 0 Å². The second kappa shape index (κ2) is 5.29. The summed E-state index contributed by atoms with van der Waals surface area (Å²) in [6.07, 6.45) is 2.94. The van der Waals surface area contributed by atoms with E-state index in [1.165, 1.54) is 18.5 Å². The summed E-state index contributed by atoms with van der Waals surface area (Å²) < 4.78 is 33.1. The molecule has 0 saturated heterocycles. The zero-order valence-corrected chi connectivity index (χ0v) is 8.77. The lowest BCUT2D eigenvalue weighted by molar-refractivity contribution is -0.0498. The van der Waals surface area contributed by atoms with Crippen molar-refractivity contribution < 1.29 is 17.9 Å². The molecule has 0 spiro atoms. The van der Waals surface area contributed by atoms with Crippen LogP contribution in [0, 0.1) is 0 Å². The van der Waals surface area contributed by atoms with Gasteiger partial charge in [-0.05, 0) is 24.3 Å². The number of oxazole rings is 1. The molecule has 1 aromatic heterocycles. The molecule has 0 saturated carbocycles. The standard InChI is InChI=1S/C11H10F2N2O2/c12-11(13)17-9-3-1-8(2-4-9)15-6-10-5-14-7-16-10/h1-5,7,11,15H,6H2. The average Bonchev–Trinajstić information content (AvgIpc) is 2.80. The van der Waals surface area contributed by atoms with Crippen molar-refractivity contribution in [1.82, 2.24) is 4.98 Å². The third-order valence-electron chi connectivity index (χ3n) is 2.03. The molecule has 4 nitrogen and oxygen atoms in total. The Labute approximate surface area is 96.2 Å². The third-order valence-corrected chi connectivity index (χ3v) is 2.03. The highest BCUT2D eigenvalue weighted by molar-refractivity contribution is 5.46. The maximum absolute atomic E-state index is 11.9. The topological polar surface area (TPSA) is 47.3 Å². The number of anilines is 1. The van der Waals surface area contributed by atoms with Crippen LogP contribution < -0.4 is 10.1 Å². The van der Waals surface area contributed by atoms with E-state index in [4.69, 9.17) is 4.42 Å². The molecule has 0 aliphatic heterocycles. The van der Waals surface area contributed by atoms with E-state index in [-0.39, 0.29) is 5.75 Å². The van der Waals surface area contributed by atoms with Gasteiger partial charge in [-0.25, -0.2) is 4.98 Å². The maximum atomic E-state index is 11.9. The number of nitrogens with zero attached hydrogens (tertiary/aromatic N) is 1. The quantitative estimate of drug-likeness (QED) is 0.872. The van der Waals surface area contributed by atoms with Gasteiger partial charge in [-0.1, -0.05) is 0 Å². The Balaban J connectivity index is 1.89. The van der Waals surface area contributed by atoms with Gasteiger partial charge in [-0.15, -0.1) is 0 Å². The Kier molecular flexibility index (Phi) is 3.54. The van der Waals surface area contributed by atoms with Gasteiger partial charge in [0.05, 0.1) is 12.7 Å². The number of ether oxygens (including phenoxy) is 1. The fourth-order valence-corrected chi connectivity index (χ4v) is 1.27. The summed E-state index contributed by atoms with van der Waals surface area (Å²) in [6.45, 7) is -2.32. The van der Waals surface area contributed by atoms with E-state index in [0.29, 0.717) is 12.3 Å². The lowest BCUT2D eigenvalue weighted by Crippen LogP contribution is -2.02. The molecule has 6 heteroatoms. The Morgan fingerprint density at radius 2 is 2.06 bits per heavy atom. The lowest BCUT2D eigenvalue weighted by Gasteiger charge is -2.06. The molecule has 0 aliphatic rings. The number of alkyl halides is 2. The van der Waals surface area contributed by atoms with Gasteiger partial charge >= 0.3 is 6.61 Å².